The molecule has 2 amide bonds. The number of aryl methyl sites for hydroxylation is 1. The number of rotatable bonds is 6. The molecule has 4 rings (SSSR count). The van der Waals surface area contributed by atoms with E-state index in [9.17, 15) is 9.59 Å². The second kappa shape index (κ2) is 7.94. The molecule has 29 heavy (non-hydrogen) atoms. The lowest BCUT2D eigenvalue weighted by Gasteiger charge is -2.32. The summed E-state index contributed by atoms with van der Waals surface area (Å²) in [7, 11) is 4.09. The third-order valence-corrected chi connectivity index (χ3v) is 5.97. The lowest BCUT2D eigenvalue weighted by molar-refractivity contribution is -0.130. The van der Waals surface area contributed by atoms with Crippen LogP contribution in [0.25, 0.3) is 0 Å². The molecule has 0 saturated carbocycles. The fourth-order valence-corrected chi connectivity index (χ4v) is 4.79. The minimum absolute atomic E-state index is 0.0666. The first-order valence-corrected chi connectivity index (χ1v) is 9.97. The van der Waals surface area contributed by atoms with Crippen LogP contribution in [0, 0.1) is 11.3 Å². The number of fused-ring (bicyclic) bond motifs is 1. The summed E-state index contributed by atoms with van der Waals surface area (Å²) >= 11 is 0. The Bertz CT molecular complexity index is 854. The minimum Gasteiger partial charge on any atom is -0.459 e. The molecule has 2 aliphatic heterocycles. The number of hydrogen-bond donors (Lipinski definition) is 0. The Kier molecular flexibility index (Phi) is 5.36. The molecule has 0 spiro atoms. The molecule has 2 atom stereocenters. The topological polar surface area (TPSA) is 82.8 Å². The highest BCUT2D eigenvalue weighted by Gasteiger charge is 2.54. The highest BCUT2D eigenvalue weighted by Crippen LogP contribution is 2.43. The van der Waals surface area contributed by atoms with E-state index in [4.69, 9.17) is 4.42 Å². The molecule has 0 aliphatic carbocycles. The van der Waals surface area contributed by atoms with Crippen molar-refractivity contribution in [3.8, 4) is 0 Å². The van der Waals surface area contributed by atoms with E-state index in [2.05, 4.69) is 14.9 Å². The van der Waals surface area contributed by atoms with Crippen molar-refractivity contribution in [1.29, 1.82) is 0 Å². The first-order valence-electron chi connectivity index (χ1n) is 9.97. The normalized spacial score (nSPS) is 23.6. The number of furan rings is 1. The van der Waals surface area contributed by atoms with Gasteiger partial charge in [0.05, 0.1) is 12.0 Å². The molecule has 154 valence electrons. The van der Waals surface area contributed by atoms with E-state index in [1.54, 1.807) is 30.7 Å². The lowest BCUT2D eigenvalue weighted by Crippen LogP contribution is -2.43. The summed E-state index contributed by atoms with van der Waals surface area (Å²) < 4.78 is 5.30. The molecule has 0 aromatic carbocycles. The Morgan fingerprint density at radius 3 is 2.72 bits per heavy atom. The van der Waals surface area contributed by atoms with Gasteiger partial charge in [-0.3, -0.25) is 19.6 Å². The first kappa shape index (κ1) is 19.6. The van der Waals surface area contributed by atoms with E-state index in [-0.39, 0.29) is 23.1 Å². The fraction of sp³-hybridized carbons (Fsp3) is 0.524. The van der Waals surface area contributed by atoms with E-state index in [1.165, 1.54) is 6.26 Å². The number of carbonyl (C=O) groups excluding carboxylic acids is 2. The van der Waals surface area contributed by atoms with E-state index in [0.29, 0.717) is 44.8 Å². The van der Waals surface area contributed by atoms with Crippen LogP contribution in [0.3, 0.4) is 0 Å². The van der Waals surface area contributed by atoms with Gasteiger partial charge in [-0.05, 0) is 32.6 Å². The van der Waals surface area contributed by atoms with Crippen molar-refractivity contribution < 1.29 is 14.0 Å². The van der Waals surface area contributed by atoms with Crippen LogP contribution >= 0.6 is 0 Å². The zero-order valence-corrected chi connectivity index (χ0v) is 17.0. The molecule has 4 heterocycles. The zero-order chi connectivity index (χ0) is 20.4. The number of carbonyl (C=O) groups is 2. The van der Waals surface area contributed by atoms with E-state index >= 15 is 0 Å². The molecule has 8 heteroatoms. The van der Waals surface area contributed by atoms with Gasteiger partial charge in [-0.2, -0.15) is 0 Å². The molecular formula is C21H27N5O3. The standard InChI is InChI=1S/C21H27N5O3/c1-24(2)13-21-14-25(19(27)6-5-17-10-22-7-8-23-17)11-16(21)12-26(15-21)20(28)18-4-3-9-29-18/h3-4,7-10,16H,5-6,11-15H2,1-2H3. The Labute approximate surface area is 170 Å². The van der Waals surface area contributed by atoms with Crippen molar-refractivity contribution in [2.75, 3.05) is 46.8 Å². The molecule has 0 bridgehead atoms. The largest absolute Gasteiger partial charge is 0.459 e. The maximum absolute atomic E-state index is 12.8. The summed E-state index contributed by atoms with van der Waals surface area (Å²) in [5.41, 5.74) is 0.729. The van der Waals surface area contributed by atoms with Gasteiger partial charge in [0.25, 0.3) is 5.91 Å². The molecule has 2 saturated heterocycles. The third-order valence-electron chi connectivity index (χ3n) is 5.97. The van der Waals surface area contributed by atoms with Gasteiger partial charge in [-0.15, -0.1) is 0 Å². The van der Waals surface area contributed by atoms with Crippen molar-refractivity contribution in [2.45, 2.75) is 12.8 Å². The van der Waals surface area contributed by atoms with Gasteiger partial charge >= 0.3 is 0 Å². The number of hydrogen-bond acceptors (Lipinski definition) is 6. The van der Waals surface area contributed by atoms with Crippen molar-refractivity contribution >= 4 is 11.8 Å². The Balaban J connectivity index is 1.43. The first-order chi connectivity index (χ1) is 14.0. The Hall–Kier alpha value is -2.74. The van der Waals surface area contributed by atoms with Crippen molar-refractivity contribution in [3.05, 3.63) is 48.4 Å². The Morgan fingerprint density at radius 2 is 2.03 bits per heavy atom. The van der Waals surface area contributed by atoms with Gasteiger partial charge in [0.2, 0.25) is 5.91 Å². The molecule has 2 aromatic rings. The number of amides is 2. The van der Waals surface area contributed by atoms with Crippen LogP contribution in [0.2, 0.25) is 0 Å². The minimum atomic E-state index is -0.103. The van der Waals surface area contributed by atoms with E-state index in [1.807, 2.05) is 23.9 Å². The molecule has 2 fully saturated rings. The number of aromatic nitrogens is 2. The third kappa shape index (κ3) is 4.03. The van der Waals surface area contributed by atoms with Gasteiger partial charge in [0, 0.05) is 69.1 Å². The smallest absolute Gasteiger partial charge is 0.289 e. The van der Waals surface area contributed by atoms with E-state index in [0.717, 1.165) is 12.2 Å². The second-order valence-corrected chi connectivity index (χ2v) is 8.43. The van der Waals surface area contributed by atoms with Crippen LogP contribution in [-0.4, -0.2) is 83.3 Å². The van der Waals surface area contributed by atoms with Crippen LogP contribution < -0.4 is 0 Å². The average Bonchev–Trinajstić information content (AvgIpc) is 3.40. The molecular weight excluding hydrogens is 370 g/mol. The monoisotopic (exact) mass is 397 g/mol. The fourth-order valence-electron chi connectivity index (χ4n) is 4.79. The Morgan fingerprint density at radius 1 is 1.24 bits per heavy atom. The summed E-state index contributed by atoms with van der Waals surface area (Å²) in [5, 5.41) is 0. The summed E-state index contributed by atoms with van der Waals surface area (Å²) in [5.74, 6) is 0.723. The lowest BCUT2D eigenvalue weighted by atomic mass is 9.80. The highest BCUT2D eigenvalue weighted by molar-refractivity contribution is 5.91. The molecule has 2 aliphatic rings. The maximum atomic E-state index is 12.8. The van der Waals surface area contributed by atoms with Crippen LogP contribution in [0.5, 0.6) is 0 Å². The van der Waals surface area contributed by atoms with Gasteiger partial charge in [-0.1, -0.05) is 0 Å². The van der Waals surface area contributed by atoms with Crippen LogP contribution in [0.15, 0.2) is 41.4 Å². The van der Waals surface area contributed by atoms with E-state index < -0.39 is 0 Å². The highest BCUT2D eigenvalue weighted by atomic mass is 16.3. The van der Waals surface area contributed by atoms with Gasteiger partial charge in [-0.25, -0.2) is 0 Å². The maximum Gasteiger partial charge on any atom is 0.289 e. The van der Waals surface area contributed by atoms with Crippen molar-refractivity contribution in [1.82, 2.24) is 24.7 Å². The van der Waals surface area contributed by atoms with Crippen LogP contribution in [-0.2, 0) is 11.2 Å². The summed E-state index contributed by atoms with van der Waals surface area (Å²) in [4.78, 5) is 39.9. The number of nitrogens with zero attached hydrogens (tertiary/aromatic N) is 5. The van der Waals surface area contributed by atoms with Crippen LogP contribution in [0.1, 0.15) is 22.7 Å². The molecule has 0 radical (unpaired) electrons. The quantitative estimate of drug-likeness (QED) is 0.728. The predicted molar refractivity (Wildman–Crippen MR) is 106 cm³/mol. The molecule has 8 nitrogen and oxygen atoms in total. The van der Waals surface area contributed by atoms with Gasteiger partial charge in [0.1, 0.15) is 0 Å². The van der Waals surface area contributed by atoms with Crippen LogP contribution in [0.4, 0.5) is 0 Å². The zero-order valence-electron chi connectivity index (χ0n) is 17.0. The average molecular weight is 397 g/mol. The summed E-state index contributed by atoms with van der Waals surface area (Å²) in [6.07, 6.45) is 7.54. The second-order valence-electron chi connectivity index (χ2n) is 8.43. The molecule has 2 unspecified atom stereocenters. The summed E-state index contributed by atoms with van der Waals surface area (Å²) in [6, 6.07) is 3.44. The van der Waals surface area contributed by atoms with Gasteiger partial charge < -0.3 is 19.1 Å². The summed E-state index contributed by atoms with van der Waals surface area (Å²) in [6.45, 7) is 3.50. The van der Waals surface area contributed by atoms with Crippen molar-refractivity contribution in [2.24, 2.45) is 11.3 Å². The SMILES string of the molecule is CN(C)CC12CN(C(=O)CCc3cnccn3)CC1CN(C(=O)c1ccco1)C2. The molecule has 2 aromatic heterocycles. The number of likely N-dealkylation sites (tertiary alicyclic amines) is 2. The molecule has 0 N–H and O–H groups in total. The van der Waals surface area contributed by atoms with Gasteiger partial charge in [0.15, 0.2) is 5.76 Å². The van der Waals surface area contributed by atoms with Crippen molar-refractivity contribution in [3.63, 3.8) is 0 Å². The predicted octanol–water partition coefficient (Wildman–Crippen LogP) is 1.16.